The molecule has 0 bridgehead atoms. The Hall–Kier alpha value is -4.11. The van der Waals surface area contributed by atoms with Crippen molar-refractivity contribution in [2.75, 3.05) is 12.9 Å². The molecule has 3 aromatic carbocycles. The number of aromatic nitrogens is 3. The van der Waals surface area contributed by atoms with Crippen molar-refractivity contribution in [1.29, 1.82) is 0 Å². The topological polar surface area (TPSA) is 102 Å². The quantitative estimate of drug-likeness (QED) is 0.225. The van der Waals surface area contributed by atoms with Gasteiger partial charge in [-0.15, -0.1) is 10.2 Å². The lowest BCUT2D eigenvalue weighted by Gasteiger charge is -2.11. The summed E-state index contributed by atoms with van der Waals surface area (Å²) in [5.74, 6) is 1.30. The SMILES string of the molecule is COc1ccc(-n2c(SCC(=O)N/N=C(/C)c3ccccc3O)nnc2-c2ccccc2)cc1. The van der Waals surface area contributed by atoms with Crippen molar-refractivity contribution in [3.63, 3.8) is 0 Å². The Kier molecular flexibility index (Phi) is 7.24. The standard InChI is InChI=1S/C25H23N5O3S/c1-17(21-10-6-7-11-22(21)31)26-27-23(32)16-34-25-29-28-24(18-8-4-3-5-9-18)30(25)19-12-14-20(33-2)15-13-19/h3-15,31H,16H2,1-2H3,(H,27,32)/b26-17-. The number of phenolic OH excluding ortho intramolecular Hbond substituents is 1. The number of hydrogen-bond acceptors (Lipinski definition) is 7. The Balaban J connectivity index is 1.53. The molecule has 1 heterocycles. The van der Waals surface area contributed by atoms with Crippen molar-refractivity contribution in [3.8, 4) is 28.6 Å². The molecule has 2 N–H and O–H groups in total. The Morgan fingerprint density at radius 3 is 2.44 bits per heavy atom. The molecule has 4 rings (SSSR count). The average molecular weight is 474 g/mol. The predicted molar refractivity (Wildman–Crippen MR) is 133 cm³/mol. The van der Waals surface area contributed by atoms with E-state index in [2.05, 4.69) is 20.7 Å². The second-order valence-corrected chi connectivity index (χ2v) is 8.19. The highest BCUT2D eigenvalue weighted by atomic mass is 32.2. The number of amides is 1. The van der Waals surface area contributed by atoms with Crippen LogP contribution in [0, 0.1) is 0 Å². The van der Waals surface area contributed by atoms with Crippen LogP contribution in [0.25, 0.3) is 17.1 Å². The highest BCUT2D eigenvalue weighted by Gasteiger charge is 2.17. The number of aromatic hydroxyl groups is 1. The van der Waals surface area contributed by atoms with Crippen molar-refractivity contribution in [2.45, 2.75) is 12.1 Å². The summed E-state index contributed by atoms with van der Waals surface area (Å²) in [5.41, 5.74) is 5.35. The zero-order chi connectivity index (χ0) is 23.9. The third kappa shape index (κ3) is 5.26. The molecule has 9 heteroatoms. The van der Waals surface area contributed by atoms with E-state index >= 15 is 0 Å². The molecular weight excluding hydrogens is 450 g/mol. The number of carbonyl (C=O) groups is 1. The van der Waals surface area contributed by atoms with Crippen LogP contribution >= 0.6 is 11.8 Å². The second-order valence-electron chi connectivity index (χ2n) is 7.24. The van der Waals surface area contributed by atoms with Crippen molar-refractivity contribution in [3.05, 3.63) is 84.4 Å². The molecule has 0 fully saturated rings. The van der Waals surface area contributed by atoms with Crippen LogP contribution in [-0.4, -0.2) is 44.4 Å². The molecular formula is C25H23N5O3S. The van der Waals surface area contributed by atoms with Crippen molar-refractivity contribution in [2.24, 2.45) is 5.10 Å². The van der Waals surface area contributed by atoms with Gasteiger partial charge in [0.1, 0.15) is 11.5 Å². The number of rotatable bonds is 8. The Labute approximate surface area is 201 Å². The first kappa shape index (κ1) is 23.1. The Bertz CT molecular complexity index is 1300. The minimum absolute atomic E-state index is 0.0840. The van der Waals surface area contributed by atoms with Crippen LogP contribution in [0.4, 0.5) is 0 Å². The summed E-state index contributed by atoms with van der Waals surface area (Å²) < 4.78 is 7.18. The van der Waals surface area contributed by atoms with Crippen LogP contribution in [0.2, 0.25) is 0 Å². The molecule has 0 spiro atoms. The predicted octanol–water partition coefficient (Wildman–Crippen LogP) is 4.28. The van der Waals surface area contributed by atoms with Gasteiger partial charge in [0.2, 0.25) is 0 Å². The summed E-state index contributed by atoms with van der Waals surface area (Å²) in [5, 5.41) is 23.3. The highest BCUT2D eigenvalue weighted by molar-refractivity contribution is 7.99. The third-order valence-corrected chi connectivity index (χ3v) is 5.90. The monoisotopic (exact) mass is 473 g/mol. The number of hydrazone groups is 1. The van der Waals surface area contributed by atoms with E-state index in [1.165, 1.54) is 11.8 Å². The fourth-order valence-electron chi connectivity index (χ4n) is 3.25. The smallest absolute Gasteiger partial charge is 0.250 e. The van der Waals surface area contributed by atoms with Gasteiger partial charge in [-0.05, 0) is 43.3 Å². The van der Waals surface area contributed by atoms with Gasteiger partial charge in [0.05, 0.1) is 18.6 Å². The lowest BCUT2D eigenvalue weighted by atomic mass is 10.1. The van der Waals surface area contributed by atoms with E-state index < -0.39 is 0 Å². The van der Waals surface area contributed by atoms with Crippen LogP contribution in [0.15, 0.2) is 89.1 Å². The maximum Gasteiger partial charge on any atom is 0.250 e. The fourth-order valence-corrected chi connectivity index (χ4v) is 3.99. The van der Waals surface area contributed by atoms with Gasteiger partial charge < -0.3 is 9.84 Å². The first-order valence-electron chi connectivity index (χ1n) is 10.5. The minimum atomic E-state index is -0.301. The van der Waals surface area contributed by atoms with E-state index in [0.29, 0.717) is 22.3 Å². The molecule has 0 aliphatic heterocycles. The number of hydrogen-bond donors (Lipinski definition) is 2. The van der Waals surface area contributed by atoms with E-state index in [1.54, 1.807) is 38.3 Å². The Morgan fingerprint density at radius 1 is 1.03 bits per heavy atom. The molecule has 172 valence electrons. The van der Waals surface area contributed by atoms with E-state index in [0.717, 1.165) is 17.0 Å². The first-order chi connectivity index (χ1) is 16.6. The number of thioether (sulfide) groups is 1. The maximum absolute atomic E-state index is 12.5. The van der Waals surface area contributed by atoms with E-state index in [4.69, 9.17) is 4.74 Å². The van der Waals surface area contributed by atoms with Gasteiger partial charge in [-0.3, -0.25) is 9.36 Å². The summed E-state index contributed by atoms with van der Waals surface area (Å²) in [4.78, 5) is 12.5. The number of para-hydroxylation sites is 1. The van der Waals surface area contributed by atoms with E-state index in [-0.39, 0.29) is 17.4 Å². The number of benzene rings is 3. The largest absolute Gasteiger partial charge is 0.507 e. The van der Waals surface area contributed by atoms with E-state index in [1.807, 2.05) is 59.2 Å². The van der Waals surface area contributed by atoms with Crippen LogP contribution < -0.4 is 10.2 Å². The third-order valence-electron chi connectivity index (χ3n) is 4.97. The normalized spacial score (nSPS) is 11.3. The van der Waals surface area contributed by atoms with Gasteiger partial charge in [-0.25, -0.2) is 5.43 Å². The lowest BCUT2D eigenvalue weighted by molar-refractivity contribution is -0.118. The summed E-state index contributed by atoms with van der Waals surface area (Å²) in [6.07, 6.45) is 0. The summed E-state index contributed by atoms with van der Waals surface area (Å²) >= 11 is 1.25. The molecule has 1 aromatic heterocycles. The van der Waals surface area contributed by atoms with Gasteiger partial charge in [-0.1, -0.05) is 54.2 Å². The van der Waals surface area contributed by atoms with Crippen LogP contribution in [0.1, 0.15) is 12.5 Å². The van der Waals surface area contributed by atoms with Crippen LogP contribution in [0.5, 0.6) is 11.5 Å². The number of nitrogens with zero attached hydrogens (tertiary/aromatic N) is 4. The zero-order valence-electron chi connectivity index (χ0n) is 18.7. The van der Waals surface area contributed by atoms with Gasteiger partial charge in [0.15, 0.2) is 11.0 Å². The number of ether oxygens (including phenoxy) is 1. The Morgan fingerprint density at radius 2 is 1.74 bits per heavy atom. The number of phenols is 1. The molecule has 0 saturated heterocycles. The highest BCUT2D eigenvalue weighted by Crippen LogP contribution is 2.28. The molecule has 0 saturated carbocycles. The minimum Gasteiger partial charge on any atom is -0.507 e. The molecule has 34 heavy (non-hydrogen) atoms. The molecule has 8 nitrogen and oxygen atoms in total. The zero-order valence-corrected chi connectivity index (χ0v) is 19.5. The van der Waals surface area contributed by atoms with Crippen molar-refractivity contribution in [1.82, 2.24) is 20.2 Å². The van der Waals surface area contributed by atoms with Gasteiger partial charge in [0.25, 0.3) is 5.91 Å². The molecule has 0 atom stereocenters. The number of nitrogens with one attached hydrogen (secondary N) is 1. The molecule has 0 unspecified atom stereocenters. The molecule has 0 aliphatic carbocycles. The van der Waals surface area contributed by atoms with Crippen LogP contribution in [-0.2, 0) is 4.79 Å². The summed E-state index contributed by atoms with van der Waals surface area (Å²) in [6.45, 7) is 1.72. The number of methoxy groups -OCH3 is 1. The van der Waals surface area contributed by atoms with Crippen molar-refractivity contribution >= 4 is 23.4 Å². The van der Waals surface area contributed by atoms with Gasteiger partial charge in [-0.2, -0.15) is 5.10 Å². The lowest BCUT2D eigenvalue weighted by Crippen LogP contribution is -2.21. The summed E-state index contributed by atoms with van der Waals surface area (Å²) in [7, 11) is 1.62. The molecule has 4 aromatic rings. The van der Waals surface area contributed by atoms with Gasteiger partial charge >= 0.3 is 0 Å². The fraction of sp³-hybridized carbons (Fsp3) is 0.120. The van der Waals surface area contributed by atoms with Crippen molar-refractivity contribution < 1.29 is 14.6 Å². The van der Waals surface area contributed by atoms with E-state index in [9.17, 15) is 9.90 Å². The average Bonchev–Trinajstić information content (AvgIpc) is 3.31. The maximum atomic E-state index is 12.5. The molecule has 0 aliphatic rings. The van der Waals surface area contributed by atoms with Crippen LogP contribution in [0.3, 0.4) is 0 Å². The number of carbonyl (C=O) groups excluding carboxylic acids is 1. The summed E-state index contributed by atoms with van der Waals surface area (Å²) in [6, 6.07) is 24.1. The van der Waals surface area contributed by atoms with Gasteiger partial charge in [0, 0.05) is 16.8 Å². The molecule has 1 amide bonds. The second kappa shape index (κ2) is 10.7. The first-order valence-corrected chi connectivity index (χ1v) is 11.4. The molecule has 0 radical (unpaired) electrons.